The molecule has 0 radical (unpaired) electrons. The van der Waals surface area contributed by atoms with Gasteiger partial charge in [-0.3, -0.25) is 0 Å². The molecule has 2 rings (SSSR count). The summed E-state index contributed by atoms with van der Waals surface area (Å²) in [5.74, 6) is 0. The summed E-state index contributed by atoms with van der Waals surface area (Å²) >= 11 is 7.46. The molecule has 0 aliphatic carbocycles. The van der Waals surface area contributed by atoms with Crippen molar-refractivity contribution in [2.24, 2.45) is 0 Å². The van der Waals surface area contributed by atoms with Crippen LogP contribution in [0.15, 0.2) is 22.7 Å². The maximum atomic E-state index is 4.27. The van der Waals surface area contributed by atoms with Gasteiger partial charge in [0.15, 0.2) is 0 Å². The minimum Gasteiger partial charge on any atom is -0.308 e. The number of hydrogen-bond acceptors (Lipinski definition) is 4. The summed E-state index contributed by atoms with van der Waals surface area (Å²) < 4.78 is 2.25. The molecule has 0 aliphatic heterocycles. The number of aromatic nitrogens is 2. The molecule has 3 nitrogen and oxygen atoms in total. The molecule has 6 heteroatoms. The number of nitrogens with zero attached hydrogens (tertiary/aromatic N) is 2. The van der Waals surface area contributed by atoms with E-state index in [9.17, 15) is 0 Å². The molecule has 0 atom stereocenters. The lowest BCUT2D eigenvalue weighted by Crippen LogP contribution is -2.21. The summed E-state index contributed by atoms with van der Waals surface area (Å²) in [7, 11) is 0. The second-order valence-electron chi connectivity index (χ2n) is 4.16. The fourth-order valence-electron chi connectivity index (χ4n) is 1.39. The van der Waals surface area contributed by atoms with Gasteiger partial charge in [0, 0.05) is 26.2 Å². The van der Waals surface area contributed by atoms with E-state index in [4.69, 9.17) is 0 Å². The summed E-state index contributed by atoms with van der Waals surface area (Å²) in [6.07, 6.45) is 0. The number of rotatable bonds is 4. The van der Waals surface area contributed by atoms with Crippen molar-refractivity contribution >= 4 is 49.9 Å². The number of benzene rings is 1. The molecule has 0 amide bonds. The second kappa shape index (κ2) is 6.40. The zero-order chi connectivity index (χ0) is 13.1. The monoisotopic (exact) mass is 437 g/mol. The van der Waals surface area contributed by atoms with Crippen molar-refractivity contribution in [3.05, 3.63) is 31.2 Å². The molecule has 0 aliphatic rings. The molecule has 0 unspecified atom stereocenters. The van der Waals surface area contributed by atoms with E-state index < -0.39 is 0 Å². The lowest BCUT2D eigenvalue weighted by Gasteiger charge is -2.03. The SMILES string of the molecule is CC(C)NCc1nnc(-c2cc(Br)ccc2I)s1. The molecule has 1 aromatic heterocycles. The Hall–Kier alpha value is -0.0500. The van der Waals surface area contributed by atoms with E-state index in [0.29, 0.717) is 6.04 Å². The van der Waals surface area contributed by atoms with Crippen LogP contribution in [0.2, 0.25) is 0 Å². The van der Waals surface area contributed by atoms with Gasteiger partial charge in [-0.05, 0) is 40.8 Å². The van der Waals surface area contributed by atoms with Crippen LogP contribution in [0.1, 0.15) is 18.9 Å². The van der Waals surface area contributed by atoms with Crippen molar-refractivity contribution in [3.8, 4) is 10.6 Å². The minimum absolute atomic E-state index is 0.461. The van der Waals surface area contributed by atoms with Crippen LogP contribution in [0.3, 0.4) is 0 Å². The summed E-state index contributed by atoms with van der Waals surface area (Å²) in [6.45, 7) is 5.03. The van der Waals surface area contributed by atoms with Crippen molar-refractivity contribution in [3.63, 3.8) is 0 Å². The summed E-state index contributed by atoms with van der Waals surface area (Å²) in [5, 5.41) is 13.8. The van der Waals surface area contributed by atoms with Crippen molar-refractivity contribution in [1.82, 2.24) is 15.5 Å². The number of halogens is 2. The molecule has 2 aromatic rings. The smallest absolute Gasteiger partial charge is 0.148 e. The Balaban J connectivity index is 2.21. The molecule has 1 N–H and O–H groups in total. The van der Waals surface area contributed by atoms with Crippen LogP contribution >= 0.6 is 49.9 Å². The Bertz CT molecular complexity index is 542. The van der Waals surface area contributed by atoms with Gasteiger partial charge in [0.25, 0.3) is 0 Å². The van der Waals surface area contributed by atoms with Crippen LogP contribution in [0.4, 0.5) is 0 Å². The van der Waals surface area contributed by atoms with Gasteiger partial charge in [-0.15, -0.1) is 10.2 Å². The highest BCUT2D eigenvalue weighted by Gasteiger charge is 2.10. The number of nitrogens with one attached hydrogen (secondary N) is 1. The van der Waals surface area contributed by atoms with E-state index in [0.717, 1.165) is 26.6 Å². The van der Waals surface area contributed by atoms with Gasteiger partial charge in [-0.1, -0.05) is 41.1 Å². The Morgan fingerprint density at radius 3 is 2.89 bits per heavy atom. The van der Waals surface area contributed by atoms with Crippen LogP contribution in [0, 0.1) is 3.57 Å². The average Bonchev–Trinajstić information content (AvgIpc) is 2.78. The predicted octanol–water partition coefficient (Wildman–Crippen LogP) is 4.07. The highest BCUT2D eigenvalue weighted by molar-refractivity contribution is 14.1. The van der Waals surface area contributed by atoms with E-state index >= 15 is 0 Å². The largest absolute Gasteiger partial charge is 0.308 e. The van der Waals surface area contributed by atoms with E-state index in [2.05, 4.69) is 80.0 Å². The molecule has 0 spiro atoms. The maximum Gasteiger partial charge on any atom is 0.148 e. The normalized spacial score (nSPS) is 11.2. The van der Waals surface area contributed by atoms with Crippen LogP contribution in [0.25, 0.3) is 10.6 Å². The zero-order valence-corrected chi connectivity index (χ0v) is 14.6. The second-order valence-corrected chi connectivity index (χ2v) is 7.30. The van der Waals surface area contributed by atoms with Crippen LogP contribution in [0.5, 0.6) is 0 Å². The lowest BCUT2D eigenvalue weighted by molar-refractivity contribution is 0.585. The third-order valence-electron chi connectivity index (χ3n) is 2.29. The Morgan fingerprint density at radius 2 is 2.17 bits per heavy atom. The quantitative estimate of drug-likeness (QED) is 0.732. The first-order chi connectivity index (χ1) is 8.56. The van der Waals surface area contributed by atoms with E-state index in [1.807, 2.05) is 6.07 Å². The van der Waals surface area contributed by atoms with Crippen LogP contribution in [-0.2, 0) is 6.54 Å². The van der Waals surface area contributed by atoms with Gasteiger partial charge < -0.3 is 5.32 Å². The van der Waals surface area contributed by atoms with Gasteiger partial charge in [0.1, 0.15) is 10.0 Å². The molecule has 1 aromatic carbocycles. The molecule has 18 heavy (non-hydrogen) atoms. The number of hydrogen-bond donors (Lipinski definition) is 1. The fourth-order valence-corrected chi connectivity index (χ4v) is 3.34. The molecule has 1 heterocycles. The first-order valence-corrected chi connectivity index (χ1v) is 8.26. The molecule has 0 bridgehead atoms. The van der Waals surface area contributed by atoms with Crippen molar-refractivity contribution in [1.29, 1.82) is 0 Å². The summed E-state index contributed by atoms with van der Waals surface area (Å²) in [4.78, 5) is 0. The predicted molar refractivity (Wildman–Crippen MR) is 87.7 cm³/mol. The van der Waals surface area contributed by atoms with Crippen LogP contribution < -0.4 is 5.32 Å². The molecule has 96 valence electrons. The molecule has 0 saturated carbocycles. The van der Waals surface area contributed by atoms with Gasteiger partial charge in [0.2, 0.25) is 0 Å². The van der Waals surface area contributed by atoms with Crippen LogP contribution in [-0.4, -0.2) is 16.2 Å². The standard InChI is InChI=1S/C12H13BrIN3S/c1-7(2)15-6-11-16-17-12(18-11)9-5-8(13)3-4-10(9)14/h3-5,7,15H,6H2,1-2H3. The van der Waals surface area contributed by atoms with E-state index in [-0.39, 0.29) is 0 Å². The topological polar surface area (TPSA) is 37.8 Å². The fraction of sp³-hybridized carbons (Fsp3) is 0.333. The molecule has 0 saturated heterocycles. The Morgan fingerprint density at radius 1 is 1.39 bits per heavy atom. The lowest BCUT2D eigenvalue weighted by atomic mass is 10.2. The summed E-state index contributed by atoms with van der Waals surface area (Å²) in [5.41, 5.74) is 1.14. The molecular formula is C12H13BrIN3S. The van der Waals surface area contributed by atoms with Crippen molar-refractivity contribution in [2.45, 2.75) is 26.4 Å². The van der Waals surface area contributed by atoms with Gasteiger partial charge in [-0.2, -0.15) is 0 Å². The highest BCUT2D eigenvalue weighted by atomic mass is 127. The first kappa shape index (κ1) is 14.4. The molecule has 0 fully saturated rings. The van der Waals surface area contributed by atoms with E-state index in [1.54, 1.807) is 11.3 Å². The first-order valence-electron chi connectivity index (χ1n) is 5.57. The van der Waals surface area contributed by atoms with Gasteiger partial charge in [-0.25, -0.2) is 0 Å². The third-order valence-corrected chi connectivity index (χ3v) is 4.68. The van der Waals surface area contributed by atoms with Gasteiger partial charge >= 0.3 is 0 Å². The maximum absolute atomic E-state index is 4.27. The van der Waals surface area contributed by atoms with Crippen molar-refractivity contribution in [2.75, 3.05) is 0 Å². The third kappa shape index (κ3) is 3.72. The minimum atomic E-state index is 0.461. The Labute approximate surface area is 133 Å². The van der Waals surface area contributed by atoms with Gasteiger partial charge in [0.05, 0.1) is 0 Å². The highest BCUT2D eigenvalue weighted by Crippen LogP contribution is 2.30. The summed E-state index contributed by atoms with van der Waals surface area (Å²) in [6, 6.07) is 6.66. The molecular weight excluding hydrogens is 425 g/mol. The van der Waals surface area contributed by atoms with E-state index in [1.165, 1.54) is 3.57 Å². The zero-order valence-electron chi connectivity index (χ0n) is 10.1. The van der Waals surface area contributed by atoms with Crippen molar-refractivity contribution < 1.29 is 0 Å². The average molecular weight is 438 g/mol. The Kier molecular flexibility index (Phi) is 5.11.